The maximum absolute atomic E-state index is 12.6. The van der Waals surface area contributed by atoms with Crippen molar-refractivity contribution < 1.29 is 14.3 Å². The lowest BCUT2D eigenvalue weighted by Crippen LogP contribution is -2.44. The molecule has 2 fully saturated rings. The summed E-state index contributed by atoms with van der Waals surface area (Å²) in [5, 5.41) is 3.19. The normalized spacial score (nSPS) is 20.5. The fourth-order valence-corrected chi connectivity index (χ4v) is 4.01. The Morgan fingerprint density at radius 1 is 1.03 bits per heavy atom. The molecule has 0 saturated carbocycles. The van der Waals surface area contributed by atoms with Gasteiger partial charge in [-0.05, 0) is 55.5 Å². The van der Waals surface area contributed by atoms with Gasteiger partial charge in [-0.2, -0.15) is 0 Å². The van der Waals surface area contributed by atoms with Crippen molar-refractivity contribution in [2.24, 2.45) is 0 Å². The van der Waals surface area contributed by atoms with Crippen LogP contribution in [0, 0.1) is 0 Å². The summed E-state index contributed by atoms with van der Waals surface area (Å²) >= 11 is 0. The van der Waals surface area contributed by atoms with Crippen LogP contribution >= 0.6 is 0 Å². The SMILES string of the molecule is O=C(NC1CCN(Cc2ccccc2)CC1)c1ccc(OCC2CCCO2)cc1. The molecule has 2 saturated heterocycles. The summed E-state index contributed by atoms with van der Waals surface area (Å²) < 4.78 is 11.3. The Hall–Kier alpha value is -2.37. The minimum Gasteiger partial charge on any atom is -0.491 e. The molecule has 154 valence electrons. The van der Waals surface area contributed by atoms with E-state index in [9.17, 15) is 4.79 Å². The highest BCUT2D eigenvalue weighted by Gasteiger charge is 2.21. The van der Waals surface area contributed by atoms with Crippen molar-refractivity contribution in [3.05, 3.63) is 65.7 Å². The van der Waals surface area contributed by atoms with Crippen LogP contribution in [0.2, 0.25) is 0 Å². The van der Waals surface area contributed by atoms with Gasteiger partial charge in [0, 0.05) is 37.8 Å². The lowest BCUT2D eigenvalue weighted by molar-refractivity contribution is 0.0679. The minimum atomic E-state index is -0.00261. The lowest BCUT2D eigenvalue weighted by atomic mass is 10.0. The Balaban J connectivity index is 1.20. The van der Waals surface area contributed by atoms with Gasteiger partial charge in [0.15, 0.2) is 0 Å². The summed E-state index contributed by atoms with van der Waals surface area (Å²) in [6, 6.07) is 18.2. The first-order chi connectivity index (χ1) is 14.3. The van der Waals surface area contributed by atoms with Crippen molar-refractivity contribution in [3.8, 4) is 5.75 Å². The van der Waals surface area contributed by atoms with Crippen LogP contribution in [0.1, 0.15) is 41.6 Å². The second-order valence-corrected chi connectivity index (χ2v) is 7.98. The van der Waals surface area contributed by atoms with E-state index in [1.165, 1.54) is 5.56 Å². The van der Waals surface area contributed by atoms with E-state index < -0.39 is 0 Å². The Bertz CT molecular complexity index is 764. The molecule has 2 heterocycles. The van der Waals surface area contributed by atoms with E-state index in [1.54, 1.807) is 0 Å². The summed E-state index contributed by atoms with van der Waals surface area (Å²) in [6.45, 7) is 4.41. The Labute approximate surface area is 173 Å². The predicted molar refractivity (Wildman–Crippen MR) is 113 cm³/mol. The van der Waals surface area contributed by atoms with Crippen molar-refractivity contribution in [2.45, 2.75) is 44.4 Å². The van der Waals surface area contributed by atoms with E-state index in [0.717, 1.165) is 57.7 Å². The molecule has 1 atom stereocenters. The third-order valence-electron chi connectivity index (χ3n) is 5.75. The summed E-state index contributed by atoms with van der Waals surface area (Å²) in [7, 11) is 0. The topological polar surface area (TPSA) is 50.8 Å². The highest BCUT2D eigenvalue weighted by molar-refractivity contribution is 5.94. The molecule has 1 amide bonds. The van der Waals surface area contributed by atoms with Gasteiger partial charge in [0.05, 0.1) is 6.10 Å². The Morgan fingerprint density at radius 3 is 2.48 bits per heavy atom. The molecule has 5 nitrogen and oxygen atoms in total. The Kier molecular flexibility index (Phi) is 6.80. The second-order valence-electron chi connectivity index (χ2n) is 7.98. The van der Waals surface area contributed by atoms with Crippen molar-refractivity contribution in [1.82, 2.24) is 10.2 Å². The number of ether oxygens (including phenoxy) is 2. The molecule has 0 radical (unpaired) electrons. The van der Waals surface area contributed by atoms with Gasteiger partial charge in [-0.3, -0.25) is 9.69 Å². The van der Waals surface area contributed by atoms with Gasteiger partial charge in [-0.15, -0.1) is 0 Å². The van der Waals surface area contributed by atoms with Crippen molar-refractivity contribution >= 4 is 5.91 Å². The molecule has 5 heteroatoms. The number of hydrogen-bond donors (Lipinski definition) is 1. The summed E-state index contributed by atoms with van der Waals surface area (Å²) in [6.07, 6.45) is 4.34. The molecule has 2 aliphatic heterocycles. The number of hydrogen-bond acceptors (Lipinski definition) is 4. The first-order valence-corrected chi connectivity index (χ1v) is 10.7. The molecule has 2 aromatic rings. The molecule has 2 aromatic carbocycles. The summed E-state index contributed by atoms with van der Waals surface area (Å²) in [4.78, 5) is 15.0. The van der Waals surface area contributed by atoms with Crippen LogP contribution in [0.15, 0.2) is 54.6 Å². The van der Waals surface area contributed by atoms with Crippen molar-refractivity contribution in [1.29, 1.82) is 0 Å². The van der Waals surface area contributed by atoms with Crippen LogP contribution in [0.5, 0.6) is 5.75 Å². The molecule has 0 aliphatic carbocycles. The van der Waals surface area contributed by atoms with Crippen LogP contribution in [0.25, 0.3) is 0 Å². The maximum Gasteiger partial charge on any atom is 0.251 e. The van der Waals surface area contributed by atoms with E-state index in [2.05, 4.69) is 34.5 Å². The number of carbonyl (C=O) groups is 1. The van der Waals surface area contributed by atoms with Crippen LogP contribution in [0.3, 0.4) is 0 Å². The molecule has 0 bridgehead atoms. The molecular weight excluding hydrogens is 364 g/mol. The number of nitrogens with one attached hydrogen (secondary N) is 1. The van der Waals surface area contributed by atoms with Gasteiger partial charge < -0.3 is 14.8 Å². The molecule has 0 aromatic heterocycles. The van der Waals surface area contributed by atoms with Gasteiger partial charge >= 0.3 is 0 Å². The van der Waals surface area contributed by atoms with Crippen LogP contribution < -0.4 is 10.1 Å². The van der Waals surface area contributed by atoms with E-state index in [-0.39, 0.29) is 18.1 Å². The summed E-state index contributed by atoms with van der Waals surface area (Å²) in [5.74, 6) is 0.781. The van der Waals surface area contributed by atoms with Gasteiger partial charge in [-0.1, -0.05) is 30.3 Å². The van der Waals surface area contributed by atoms with Gasteiger partial charge in [-0.25, -0.2) is 0 Å². The average molecular weight is 395 g/mol. The number of likely N-dealkylation sites (tertiary alicyclic amines) is 1. The van der Waals surface area contributed by atoms with Gasteiger partial charge in [0.2, 0.25) is 0 Å². The highest BCUT2D eigenvalue weighted by Crippen LogP contribution is 2.18. The fourth-order valence-electron chi connectivity index (χ4n) is 4.01. The number of benzene rings is 2. The zero-order chi connectivity index (χ0) is 19.9. The van der Waals surface area contributed by atoms with Gasteiger partial charge in [0.25, 0.3) is 5.91 Å². The van der Waals surface area contributed by atoms with Crippen LogP contribution in [-0.2, 0) is 11.3 Å². The van der Waals surface area contributed by atoms with Crippen LogP contribution in [0.4, 0.5) is 0 Å². The van der Waals surface area contributed by atoms with E-state index in [4.69, 9.17) is 9.47 Å². The first-order valence-electron chi connectivity index (χ1n) is 10.7. The smallest absolute Gasteiger partial charge is 0.251 e. The molecule has 29 heavy (non-hydrogen) atoms. The van der Waals surface area contributed by atoms with Gasteiger partial charge in [0.1, 0.15) is 12.4 Å². The Morgan fingerprint density at radius 2 is 1.79 bits per heavy atom. The highest BCUT2D eigenvalue weighted by atomic mass is 16.5. The second kappa shape index (κ2) is 9.90. The van der Waals surface area contributed by atoms with E-state index in [1.807, 2.05) is 30.3 Å². The zero-order valence-electron chi connectivity index (χ0n) is 16.9. The maximum atomic E-state index is 12.6. The average Bonchev–Trinajstić information content (AvgIpc) is 3.28. The molecule has 1 unspecified atom stereocenters. The molecule has 2 aliphatic rings. The zero-order valence-corrected chi connectivity index (χ0v) is 16.9. The number of carbonyl (C=O) groups excluding carboxylic acids is 1. The van der Waals surface area contributed by atoms with Crippen molar-refractivity contribution in [3.63, 3.8) is 0 Å². The largest absolute Gasteiger partial charge is 0.491 e. The minimum absolute atomic E-state index is 0.00261. The number of rotatable bonds is 7. The third-order valence-corrected chi connectivity index (χ3v) is 5.75. The standard InChI is InChI=1S/C24H30N2O3/c27-24(20-8-10-22(11-9-20)29-18-23-7-4-16-28-23)25-21-12-14-26(15-13-21)17-19-5-2-1-3-6-19/h1-3,5-6,8-11,21,23H,4,7,12-18H2,(H,25,27). The predicted octanol–water partition coefficient (Wildman–Crippen LogP) is 3.64. The van der Waals surface area contributed by atoms with Crippen molar-refractivity contribution in [2.75, 3.05) is 26.3 Å². The van der Waals surface area contributed by atoms with E-state index >= 15 is 0 Å². The molecule has 4 rings (SSSR count). The third kappa shape index (κ3) is 5.81. The van der Waals surface area contributed by atoms with Crippen LogP contribution in [-0.4, -0.2) is 49.3 Å². The lowest BCUT2D eigenvalue weighted by Gasteiger charge is -2.32. The fraction of sp³-hybridized carbons (Fsp3) is 0.458. The molecule has 1 N–H and O–H groups in total. The van der Waals surface area contributed by atoms with E-state index in [0.29, 0.717) is 12.2 Å². The quantitative estimate of drug-likeness (QED) is 0.779. The molecular formula is C24H30N2O3. The number of piperidine rings is 1. The number of amides is 1. The first kappa shape index (κ1) is 19.9. The monoisotopic (exact) mass is 394 g/mol. The summed E-state index contributed by atoms with van der Waals surface area (Å²) in [5.41, 5.74) is 2.03. The molecule has 0 spiro atoms. The number of nitrogens with zero attached hydrogens (tertiary/aromatic N) is 1.